The van der Waals surface area contributed by atoms with Gasteiger partial charge >= 0.3 is 5.97 Å². The van der Waals surface area contributed by atoms with Gasteiger partial charge in [0.25, 0.3) is 0 Å². The fourth-order valence-corrected chi connectivity index (χ4v) is 1.38. The third-order valence-corrected chi connectivity index (χ3v) is 2.19. The average Bonchev–Trinajstić information content (AvgIpc) is 2.28. The lowest BCUT2D eigenvalue weighted by Crippen LogP contribution is -2.08. The van der Waals surface area contributed by atoms with Gasteiger partial charge in [-0.15, -0.1) is 0 Å². The second-order valence-corrected chi connectivity index (χ2v) is 3.18. The Balaban J connectivity index is 3.22. The number of carbonyl (C=O) groups excluding carboxylic acids is 1. The van der Waals surface area contributed by atoms with Crippen molar-refractivity contribution in [1.82, 2.24) is 0 Å². The van der Waals surface area contributed by atoms with Crippen LogP contribution in [0, 0.1) is 17.1 Å². The molecule has 1 aromatic rings. The fraction of sp³-hybridized carbons (Fsp3) is 0.333. The normalized spacial score (nSPS) is 9.62. The van der Waals surface area contributed by atoms with E-state index in [0.717, 1.165) is 0 Å². The summed E-state index contributed by atoms with van der Waals surface area (Å²) in [5.74, 6) is -1.38. The van der Waals surface area contributed by atoms with Gasteiger partial charge in [0.2, 0.25) is 0 Å². The van der Waals surface area contributed by atoms with Gasteiger partial charge < -0.3 is 4.74 Å². The van der Waals surface area contributed by atoms with Crippen LogP contribution in [-0.2, 0) is 11.2 Å². The Morgan fingerprint density at radius 3 is 2.69 bits per heavy atom. The van der Waals surface area contributed by atoms with Crippen LogP contribution in [0.1, 0.15) is 35.3 Å². The van der Waals surface area contributed by atoms with E-state index in [0.29, 0.717) is 17.5 Å². The Labute approximate surface area is 93.5 Å². The summed E-state index contributed by atoms with van der Waals surface area (Å²) in [5, 5.41) is 8.85. The lowest BCUT2D eigenvalue weighted by Gasteiger charge is -2.06. The number of carbonyl (C=O) groups is 1. The molecule has 16 heavy (non-hydrogen) atoms. The number of hydrogen-bond donors (Lipinski definition) is 0. The number of esters is 1. The molecule has 0 aromatic heterocycles. The van der Waals surface area contributed by atoms with Gasteiger partial charge in [0, 0.05) is 0 Å². The summed E-state index contributed by atoms with van der Waals surface area (Å²) < 4.78 is 18.2. The molecule has 0 saturated heterocycles. The first-order valence-electron chi connectivity index (χ1n) is 5.03. The first-order chi connectivity index (χ1) is 7.63. The maximum Gasteiger partial charge on any atom is 0.341 e. The van der Waals surface area contributed by atoms with Crippen LogP contribution in [0.15, 0.2) is 12.1 Å². The minimum Gasteiger partial charge on any atom is -0.462 e. The van der Waals surface area contributed by atoms with Gasteiger partial charge in [-0.2, -0.15) is 5.26 Å². The van der Waals surface area contributed by atoms with E-state index in [1.54, 1.807) is 6.92 Å². The van der Waals surface area contributed by atoms with Crippen molar-refractivity contribution in [3.8, 4) is 6.07 Å². The van der Waals surface area contributed by atoms with Crippen molar-refractivity contribution in [2.24, 2.45) is 0 Å². The third-order valence-electron chi connectivity index (χ3n) is 2.19. The first kappa shape index (κ1) is 12.2. The molecule has 0 heterocycles. The van der Waals surface area contributed by atoms with Crippen LogP contribution in [0.3, 0.4) is 0 Å². The van der Waals surface area contributed by atoms with Crippen molar-refractivity contribution >= 4 is 5.97 Å². The molecule has 4 heteroatoms. The van der Waals surface area contributed by atoms with Crippen LogP contribution in [0.5, 0.6) is 0 Å². The van der Waals surface area contributed by atoms with Crippen molar-refractivity contribution in [3.63, 3.8) is 0 Å². The molecular formula is C12H12FNO2. The zero-order chi connectivity index (χ0) is 12.1. The SMILES string of the molecule is CCOC(=O)c1cc(C#N)c(CC)cc1F. The Hall–Kier alpha value is -1.89. The van der Waals surface area contributed by atoms with Crippen molar-refractivity contribution in [3.05, 3.63) is 34.6 Å². The number of aryl methyl sites for hydroxylation is 1. The molecule has 1 rings (SSSR count). The van der Waals surface area contributed by atoms with Gasteiger partial charge in [-0.05, 0) is 31.0 Å². The maximum atomic E-state index is 13.5. The van der Waals surface area contributed by atoms with Gasteiger partial charge in [0.15, 0.2) is 0 Å². The van der Waals surface area contributed by atoms with E-state index in [4.69, 9.17) is 10.00 Å². The quantitative estimate of drug-likeness (QED) is 0.736. The Morgan fingerprint density at radius 1 is 1.50 bits per heavy atom. The van der Waals surface area contributed by atoms with Crippen LogP contribution >= 0.6 is 0 Å². The van der Waals surface area contributed by atoms with Gasteiger partial charge in [-0.25, -0.2) is 9.18 Å². The van der Waals surface area contributed by atoms with E-state index in [1.165, 1.54) is 12.1 Å². The second kappa shape index (κ2) is 5.26. The molecule has 0 aliphatic rings. The average molecular weight is 221 g/mol. The standard InChI is InChI=1S/C12H12FNO2/c1-3-8-6-11(13)10(5-9(8)7-14)12(15)16-4-2/h5-6H,3-4H2,1-2H3. The largest absolute Gasteiger partial charge is 0.462 e. The minimum absolute atomic E-state index is 0.176. The number of ether oxygens (including phenoxy) is 1. The number of hydrogen-bond acceptors (Lipinski definition) is 3. The smallest absolute Gasteiger partial charge is 0.341 e. The highest BCUT2D eigenvalue weighted by Crippen LogP contribution is 2.17. The summed E-state index contributed by atoms with van der Waals surface area (Å²) in [6.07, 6.45) is 0.545. The van der Waals surface area contributed by atoms with Crippen LogP contribution < -0.4 is 0 Å². The first-order valence-corrected chi connectivity index (χ1v) is 5.03. The van der Waals surface area contributed by atoms with Crippen LogP contribution in [0.2, 0.25) is 0 Å². The van der Waals surface area contributed by atoms with Crippen LogP contribution in [0.25, 0.3) is 0 Å². The molecule has 84 valence electrons. The summed E-state index contributed by atoms with van der Waals surface area (Å²) in [6, 6.07) is 4.39. The van der Waals surface area contributed by atoms with Gasteiger partial charge in [-0.1, -0.05) is 6.92 Å². The van der Waals surface area contributed by atoms with Crippen molar-refractivity contribution in [1.29, 1.82) is 5.26 Å². The molecular weight excluding hydrogens is 209 g/mol. The third kappa shape index (κ3) is 2.37. The summed E-state index contributed by atoms with van der Waals surface area (Å²) in [5.41, 5.74) is 0.718. The zero-order valence-electron chi connectivity index (χ0n) is 9.21. The topological polar surface area (TPSA) is 50.1 Å². The maximum absolute atomic E-state index is 13.5. The molecule has 0 N–H and O–H groups in total. The molecule has 0 spiro atoms. The highest BCUT2D eigenvalue weighted by atomic mass is 19.1. The fourth-order valence-electron chi connectivity index (χ4n) is 1.38. The van der Waals surface area contributed by atoms with Crippen LogP contribution in [0.4, 0.5) is 4.39 Å². The molecule has 3 nitrogen and oxygen atoms in total. The lowest BCUT2D eigenvalue weighted by atomic mass is 10.0. The number of rotatable bonds is 3. The van der Waals surface area contributed by atoms with Gasteiger partial charge in [-0.3, -0.25) is 0 Å². The van der Waals surface area contributed by atoms with E-state index < -0.39 is 11.8 Å². The summed E-state index contributed by atoms with van der Waals surface area (Å²) in [6.45, 7) is 3.64. The Morgan fingerprint density at radius 2 is 2.19 bits per heavy atom. The summed E-state index contributed by atoms with van der Waals surface area (Å²) in [7, 11) is 0. The molecule has 0 fully saturated rings. The minimum atomic E-state index is -0.737. The molecule has 0 aliphatic heterocycles. The van der Waals surface area contributed by atoms with E-state index in [2.05, 4.69) is 0 Å². The molecule has 0 saturated carbocycles. The highest BCUT2D eigenvalue weighted by Gasteiger charge is 2.16. The Kier molecular flexibility index (Phi) is 4.01. The van der Waals surface area contributed by atoms with E-state index in [1.807, 2.05) is 13.0 Å². The lowest BCUT2D eigenvalue weighted by molar-refractivity contribution is 0.0521. The Bertz CT molecular complexity index is 449. The predicted molar refractivity (Wildman–Crippen MR) is 56.4 cm³/mol. The number of nitrogens with zero attached hydrogens (tertiary/aromatic N) is 1. The van der Waals surface area contributed by atoms with E-state index in [9.17, 15) is 9.18 Å². The van der Waals surface area contributed by atoms with Gasteiger partial charge in [0.05, 0.1) is 23.8 Å². The number of nitriles is 1. The van der Waals surface area contributed by atoms with Gasteiger partial charge in [0.1, 0.15) is 5.82 Å². The molecule has 1 aromatic carbocycles. The van der Waals surface area contributed by atoms with Crippen LogP contribution in [-0.4, -0.2) is 12.6 Å². The molecule has 0 atom stereocenters. The summed E-state index contributed by atoms with van der Waals surface area (Å²) >= 11 is 0. The molecule has 0 aliphatic carbocycles. The highest BCUT2D eigenvalue weighted by molar-refractivity contribution is 5.90. The number of benzene rings is 1. The van der Waals surface area contributed by atoms with E-state index >= 15 is 0 Å². The predicted octanol–water partition coefficient (Wildman–Crippen LogP) is 2.44. The molecule has 0 bridgehead atoms. The molecule has 0 radical (unpaired) electrons. The second-order valence-electron chi connectivity index (χ2n) is 3.18. The van der Waals surface area contributed by atoms with Crippen molar-refractivity contribution in [2.45, 2.75) is 20.3 Å². The molecule has 0 unspecified atom stereocenters. The summed E-state index contributed by atoms with van der Waals surface area (Å²) in [4.78, 5) is 11.4. The monoisotopic (exact) mass is 221 g/mol. The van der Waals surface area contributed by atoms with E-state index in [-0.39, 0.29) is 12.2 Å². The van der Waals surface area contributed by atoms with Crippen molar-refractivity contribution < 1.29 is 13.9 Å². The molecule has 0 amide bonds. The van der Waals surface area contributed by atoms with Crippen molar-refractivity contribution in [2.75, 3.05) is 6.61 Å². The number of halogens is 1. The zero-order valence-corrected chi connectivity index (χ0v) is 9.21.